The summed E-state index contributed by atoms with van der Waals surface area (Å²) in [5.74, 6) is 0.671. The Morgan fingerprint density at radius 2 is 1.52 bits per heavy atom. The standard InChI is InChI=1S/C20H20O/c1-20(2)18(16-11-7-4-8-12-16)19(20)17(21)14-13-15-9-5-3-6-10-15/h3-14,18-19H,1-2H3/b14-13+/t18-,19-/m1/s1. The Balaban J connectivity index is 1.75. The Kier molecular flexibility index (Phi) is 3.50. The van der Waals surface area contributed by atoms with E-state index in [2.05, 4.69) is 26.0 Å². The van der Waals surface area contributed by atoms with Gasteiger partial charge >= 0.3 is 0 Å². The van der Waals surface area contributed by atoms with Crippen LogP contribution in [0.2, 0.25) is 0 Å². The molecular weight excluding hydrogens is 256 g/mol. The summed E-state index contributed by atoms with van der Waals surface area (Å²) in [5.41, 5.74) is 2.40. The van der Waals surface area contributed by atoms with Crippen LogP contribution in [-0.4, -0.2) is 5.78 Å². The molecule has 0 saturated heterocycles. The monoisotopic (exact) mass is 276 g/mol. The van der Waals surface area contributed by atoms with Crippen molar-refractivity contribution < 1.29 is 4.79 Å². The Morgan fingerprint density at radius 1 is 0.952 bits per heavy atom. The highest BCUT2D eigenvalue weighted by Gasteiger charge is 2.61. The van der Waals surface area contributed by atoms with Gasteiger partial charge in [-0.15, -0.1) is 0 Å². The second-order valence-corrected chi connectivity index (χ2v) is 6.33. The summed E-state index contributed by atoms with van der Waals surface area (Å²) in [4.78, 5) is 12.5. The fourth-order valence-electron chi connectivity index (χ4n) is 3.30. The minimum absolute atomic E-state index is 0.0550. The molecule has 0 aliphatic heterocycles. The Bertz CT molecular complexity index is 653. The van der Waals surface area contributed by atoms with E-state index in [-0.39, 0.29) is 17.1 Å². The van der Waals surface area contributed by atoms with Gasteiger partial charge in [-0.1, -0.05) is 80.6 Å². The van der Waals surface area contributed by atoms with Gasteiger partial charge in [-0.2, -0.15) is 0 Å². The second-order valence-electron chi connectivity index (χ2n) is 6.33. The van der Waals surface area contributed by atoms with Crippen molar-refractivity contribution in [1.82, 2.24) is 0 Å². The van der Waals surface area contributed by atoms with E-state index in [0.717, 1.165) is 5.56 Å². The van der Waals surface area contributed by atoms with Crippen molar-refractivity contribution in [3.8, 4) is 0 Å². The zero-order valence-electron chi connectivity index (χ0n) is 12.5. The molecular formula is C20H20O. The molecule has 1 aliphatic carbocycles. The molecule has 2 aromatic rings. The maximum absolute atomic E-state index is 12.5. The van der Waals surface area contributed by atoms with Crippen LogP contribution < -0.4 is 0 Å². The molecule has 0 bridgehead atoms. The fourth-order valence-corrected chi connectivity index (χ4v) is 3.30. The maximum atomic E-state index is 12.5. The highest BCUT2D eigenvalue weighted by molar-refractivity contribution is 5.99. The molecule has 0 radical (unpaired) electrons. The molecule has 0 aromatic heterocycles. The Hall–Kier alpha value is -2.15. The molecule has 2 aromatic carbocycles. The van der Waals surface area contributed by atoms with Crippen molar-refractivity contribution in [2.75, 3.05) is 0 Å². The first-order chi connectivity index (χ1) is 10.1. The zero-order chi connectivity index (χ0) is 14.9. The largest absolute Gasteiger partial charge is 0.294 e. The van der Waals surface area contributed by atoms with Crippen molar-refractivity contribution in [3.05, 3.63) is 77.9 Å². The van der Waals surface area contributed by atoms with E-state index in [0.29, 0.717) is 5.92 Å². The molecule has 0 amide bonds. The van der Waals surface area contributed by atoms with E-state index < -0.39 is 0 Å². The van der Waals surface area contributed by atoms with Gasteiger partial charge in [0.05, 0.1) is 0 Å². The van der Waals surface area contributed by atoms with Crippen LogP contribution in [0.15, 0.2) is 66.7 Å². The van der Waals surface area contributed by atoms with Crippen LogP contribution in [0, 0.1) is 11.3 Å². The highest BCUT2D eigenvalue weighted by atomic mass is 16.1. The van der Waals surface area contributed by atoms with E-state index in [1.165, 1.54) is 5.56 Å². The van der Waals surface area contributed by atoms with Crippen LogP contribution in [0.1, 0.15) is 30.9 Å². The lowest BCUT2D eigenvalue weighted by molar-refractivity contribution is -0.116. The summed E-state index contributed by atoms with van der Waals surface area (Å²) in [5, 5.41) is 0. The first kappa shape index (κ1) is 13.8. The second kappa shape index (κ2) is 5.33. The molecule has 0 heterocycles. The third-order valence-corrected chi connectivity index (χ3v) is 4.53. The molecule has 1 fully saturated rings. The lowest BCUT2D eigenvalue weighted by Gasteiger charge is -2.01. The predicted octanol–water partition coefficient (Wildman–Crippen LogP) is 4.71. The molecule has 2 atom stereocenters. The van der Waals surface area contributed by atoms with Gasteiger partial charge in [-0.25, -0.2) is 0 Å². The molecule has 1 nitrogen and oxygen atoms in total. The lowest BCUT2D eigenvalue weighted by atomic mass is 10.0. The topological polar surface area (TPSA) is 17.1 Å². The van der Waals surface area contributed by atoms with Crippen LogP contribution in [0.3, 0.4) is 0 Å². The molecule has 0 unspecified atom stereocenters. The number of hydrogen-bond donors (Lipinski definition) is 0. The maximum Gasteiger partial charge on any atom is 0.159 e. The van der Waals surface area contributed by atoms with Gasteiger partial charge in [0.2, 0.25) is 0 Å². The minimum atomic E-state index is 0.0550. The van der Waals surface area contributed by atoms with Crippen molar-refractivity contribution in [1.29, 1.82) is 0 Å². The van der Waals surface area contributed by atoms with E-state index in [9.17, 15) is 4.79 Å². The van der Waals surface area contributed by atoms with Crippen LogP contribution in [0.25, 0.3) is 6.08 Å². The summed E-state index contributed by atoms with van der Waals surface area (Å²) in [7, 11) is 0. The number of benzene rings is 2. The molecule has 3 rings (SSSR count). The van der Waals surface area contributed by atoms with Crippen molar-refractivity contribution in [3.63, 3.8) is 0 Å². The van der Waals surface area contributed by atoms with Crippen molar-refractivity contribution in [2.45, 2.75) is 19.8 Å². The molecule has 1 aliphatic rings. The zero-order valence-corrected chi connectivity index (χ0v) is 12.5. The first-order valence-corrected chi connectivity index (χ1v) is 7.42. The van der Waals surface area contributed by atoms with Gasteiger partial charge < -0.3 is 0 Å². The van der Waals surface area contributed by atoms with Crippen molar-refractivity contribution >= 4 is 11.9 Å². The van der Waals surface area contributed by atoms with Gasteiger partial charge in [0, 0.05) is 11.8 Å². The van der Waals surface area contributed by atoms with E-state index in [4.69, 9.17) is 0 Å². The molecule has 1 heteroatoms. The SMILES string of the molecule is CC1(C)[C@H](C(=O)/C=C/c2ccccc2)[C@H]1c1ccccc1. The summed E-state index contributed by atoms with van der Waals surface area (Å²) < 4.78 is 0. The lowest BCUT2D eigenvalue weighted by Crippen LogP contribution is -2.01. The quantitative estimate of drug-likeness (QED) is 0.739. The van der Waals surface area contributed by atoms with Gasteiger partial charge in [-0.05, 0) is 22.6 Å². The molecule has 21 heavy (non-hydrogen) atoms. The minimum Gasteiger partial charge on any atom is -0.294 e. The van der Waals surface area contributed by atoms with Crippen LogP contribution in [0.5, 0.6) is 0 Å². The fraction of sp³-hybridized carbons (Fsp3) is 0.250. The van der Waals surface area contributed by atoms with Crippen molar-refractivity contribution in [2.24, 2.45) is 11.3 Å². The smallest absolute Gasteiger partial charge is 0.159 e. The predicted molar refractivity (Wildman–Crippen MR) is 86.9 cm³/mol. The highest BCUT2D eigenvalue weighted by Crippen LogP contribution is 2.64. The summed E-state index contributed by atoms with van der Waals surface area (Å²) >= 11 is 0. The molecule has 0 N–H and O–H groups in total. The summed E-state index contributed by atoms with van der Waals surface area (Å²) in [6.07, 6.45) is 3.66. The van der Waals surface area contributed by atoms with Gasteiger partial charge in [0.25, 0.3) is 0 Å². The summed E-state index contributed by atoms with van der Waals surface area (Å²) in [6.45, 7) is 4.37. The average molecular weight is 276 g/mol. The molecule has 106 valence electrons. The Labute approximate surface area is 126 Å². The molecule has 0 spiro atoms. The molecule has 1 saturated carbocycles. The van der Waals surface area contributed by atoms with Crippen LogP contribution in [-0.2, 0) is 4.79 Å². The normalized spacial score (nSPS) is 23.1. The van der Waals surface area contributed by atoms with Crippen LogP contribution in [0.4, 0.5) is 0 Å². The van der Waals surface area contributed by atoms with E-state index in [1.807, 2.05) is 54.6 Å². The van der Waals surface area contributed by atoms with E-state index >= 15 is 0 Å². The Morgan fingerprint density at radius 3 is 2.14 bits per heavy atom. The average Bonchev–Trinajstić information content (AvgIpc) is 3.09. The summed E-state index contributed by atoms with van der Waals surface area (Å²) in [6, 6.07) is 20.3. The number of ketones is 1. The van der Waals surface area contributed by atoms with E-state index in [1.54, 1.807) is 6.08 Å². The van der Waals surface area contributed by atoms with Crippen LogP contribution >= 0.6 is 0 Å². The third kappa shape index (κ3) is 2.69. The van der Waals surface area contributed by atoms with Gasteiger partial charge in [0.15, 0.2) is 5.78 Å². The van der Waals surface area contributed by atoms with Gasteiger partial charge in [0.1, 0.15) is 0 Å². The van der Waals surface area contributed by atoms with Gasteiger partial charge in [-0.3, -0.25) is 4.79 Å². The first-order valence-electron chi connectivity index (χ1n) is 7.42. The number of allylic oxidation sites excluding steroid dienone is 1. The number of rotatable bonds is 4. The number of carbonyl (C=O) groups is 1. The number of carbonyl (C=O) groups excluding carboxylic acids is 1. The number of hydrogen-bond acceptors (Lipinski definition) is 1. The third-order valence-electron chi connectivity index (χ3n) is 4.53.